The molecule has 1 unspecified atom stereocenters. The average molecular weight is 188 g/mol. The first-order valence-electron chi connectivity index (χ1n) is 5.14. The normalized spacial score (nSPS) is 29.6. The molecule has 3 nitrogen and oxygen atoms in total. The van der Waals surface area contributed by atoms with Crippen molar-refractivity contribution in [1.82, 2.24) is 5.32 Å². The Kier molecular flexibility index (Phi) is 1.60. The molecule has 0 radical (unpaired) electrons. The third kappa shape index (κ3) is 0.983. The van der Waals surface area contributed by atoms with Crippen molar-refractivity contribution in [2.75, 3.05) is 0 Å². The van der Waals surface area contributed by atoms with E-state index < -0.39 is 0 Å². The smallest absolute Gasteiger partial charge is 0.253 e. The Balaban J connectivity index is 2.10. The molecule has 0 aromatic rings. The molecule has 3 heteroatoms. The van der Waals surface area contributed by atoms with Gasteiger partial charge in [-0.25, -0.2) is 0 Å². The number of fused-ring (bicyclic) bond motifs is 2. The van der Waals surface area contributed by atoms with Gasteiger partial charge in [0.25, 0.3) is 5.91 Å². The first kappa shape index (κ1) is 7.97. The van der Waals surface area contributed by atoms with Crippen LogP contribution in [0.5, 0.6) is 0 Å². The van der Waals surface area contributed by atoms with Crippen LogP contribution in [0.2, 0.25) is 0 Å². The Hall–Kier alpha value is -1.38. The van der Waals surface area contributed by atoms with Crippen LogP contribution < -0.4 is 5.32 Å². The monoisotopic (exact) mass is 188 g/mol. The number of rotatable bonds is 0. The van der Waals surface area contributed by atoms with E-state index in [1.165, 1.54) is 24.1 Å². The van der Waals surface area contributed by atoms with Crippen molar-refractivity contribution < 1.29 is 4.79 Å². The predicted molar refractivity (Wildman–Crippen MR) is 54.0 cm³/mol. The van der Waals surface area contributed by atoms with Gasteiger partial charge in [-0.05, 0) is 37.3 Å². The van der Waals surface area contributed by atoms with Crippen molar-refractivity contribution >= 4 is 11.6 Å². The summed E-state index contributed by atoms with van der Waals surface area (Å²) in [6.07, 6.45) is 8.17. The van der Waals surface area contributed by atoms with Crippen molar-refractivity contribution in [3.05, 3.63) is 23.4 Å². The van der Waals surface area contributed by atoms with E-state index in [0.29, 0.717) is 0 Å². The van der Waals surface area contributed by atoms with Gasteiger partial charge in [0, 0.05) is 11.9 Å². The lowest BCUT2D eigenvalue weighted by atomic mass is 9.89. The third-order valence-electron chi connectivity index (χ3n) is 3.09. The molecule has 0 aromatic carbocycles. The van der Waals surface area contributed by atoms with Gasteiger partial charge in [0.1, 0.15) is 6.04 Å². The Bertz CT molecular complexity index is 390. The fourth-order valence-electron chi connectivity index (χ4n) is 2.44. The molecular formula is C11H12N2O. The fraction of sp³-hybridized carbons (Fsp3) is 0.455. The number of hydrogen-bond acceptors (Lipinski definition) is 2. The maximum absolute atomic E-state index is 11.6. The number of carbonyl (C=O) groups is 1. The molecule has 0 saturated heterocycles. The van der Waals surface area contributed by atoms with Gasteiger partial charge in [-0.15, -0.1) is 0 Å². The Morgan fingerprint density at radius 1 is 1.36 bits per heavy atom. The fourth-order valence-corrected chi connectivity index (χ4v) is 2.44. The van der Waals surface area contributed by atoms with Crippen molar-refractivity contribution in [1.29, 1.82) is 0 Å². The molecular weight excluding hydrogens is 176 g/mol. The van der Waals surface area contributed by atoms with E-state index in [-0.39, 0.29) is 11.9 Å². The molecule has 0 bridgehead atoms. The summed E-state index contributed by atoms with van der Waals surface area (Å²) in [5.74, 6) is 0.0492. The molecule has 1 aliphatic carbocycles. The molecule has 1 N–H and O–H groups in total. The molecule has 3 rings (SSSR count). The van der Waals surface area contributed by atoms with Crippen LogP contribution in [-0.4, -0.2) is 17.7 Å². The highest BCUT2D eigenvalue weighted by Gasteiger charge is 2.33. The van der Waals surface area contributed by atoms with Crippen molar-refractivity contribution in [3.63, 3.8) is 0 Å². The van der Waals surface area contributed by atoms with E-state index in [2.05, 4.69) is 10.3 Å². The molecule has 72 valence electrons. The quantitative estimate of drug-likeness (QED) is 0.612. The number of aliphatic imine (C=N–C) groups is 1. The van der Waals surface area contributed by atoms with E-state index in [1.54, 1.807) is 6.20 Å². The highest BCUT2D eigenvalue weighted by Crippen LogP contribution is 2.33. The zero-order valence-electron chi connectivity index (χ0n) is 7.92. The summed E-state index contributed by atoms with van der Waals surface area (Å²) in [5, 5.41) is 2.74. The van der Waals surface area contributed by atoms with Crippen LogP contribution in [0.3, 0.4) is 0 Å². The van der Waals surface area contributed by atoms with E-state index in [1.807, 2.05) is 6.08 Å². The van der Waals surface area contributed by atoms with Gasteiger partial charge in [-0.1, -0.05) is 0 Å². The number of carbonyl (C=O) groups excluding carboxylic acids is 1. The summed E-state index contributed by atoms with van der Waals surface area (Å²) in [7, 11) is 0. The van der Waals surface area contributed by atoms with Gasteiger partial charge < -0.3 is 5.32 Å². The van der Waals surface area contributed by atoms with E-state index >= 15 is 0 Å². The first-order chi connectivity index (χ1) is 6.86. The minimum atomic E-state index is 0.0202. The molecule has 1 saturated carbocycles. The van der Waals surface area contributed by atoms with Gasteiger partial charge in [-0.2, -0.15) is 0 Å². The van der Waals surface area contributed by atoms with Crippen LogP contribution in [0.4, 0.5) is 0 Å². The zero-order chi connectivity index (χ0) is 9.54. The molecule has 2 aliphatic heterocycles. The van der Waals surface area contributed by atoms with E-state index in [4.69, 9.17) is 0 Å². The molecule has 3 aliphatic rings. The molecule has 0 aromatic heterocycles. The summed E-state index contributed by atoms with van der Waals surface area (Å²) in [6.45, 7) is 0. The zero-order valence-corrected chi connectivity index (χ0v) is 7.92. The number of amides is 1. The second-order valence-electron chi connectivity index (χ2n) is 3.95. The Morgan fingerprint density at radius 3 is 3.14 bits per heavy atom. The van der Waals surface area contributed by atoms with E-state index in [9.17, 15) is 4.79 Å². The lowest BCUT2D eigenvalue weighted by Crippen LogP contribution is -2.29. The largest absolute Gasteiger partial charge is 0.329 e. The summed E-state index contributed by atoms with van der Waals surface area (Å²) in [4.78, 5) is 16.2. The highest BCUT2D eigenvalue weighted by molar-refractivity contribution is 6.13. The summed E-state index contributed by atoms with van der Waals surface area (Å²) in [6, 6.07) is 0.0202. The van der Waals surface area contributed by atoms with Gasteiger partial charge in [0.05, 0.1) is 5.57 Å². The predicted octanol–water partition coefficient (Wildman–Crippen LogP) is 1.32. The Labute approximate surface area is 82.6 Å². The lowest BCUT2D eigenvalue weighted by Gasteiger charge is -2.16. The summed E-state index contributed by atoms with van der Waals surface area (Å²) < 4.78 is 0. The van der Waals surface area contributed by atoms with Crippen LogP contribution in [0.25, 0.3) is 0 Å². The molecule has 14 heavy (non-hydrogen) atoms. The second kappa shape index (κ2) is 2.80. The molecule has 0 spiro atoms. The van der Waals surface area contributed by atoms with Crippen LogP contribution in [0, 0.1) is 0 Å². The van der Waals surface area contributed by atoms with Crippen LogP contribution in [0.15, 0.2) is 28.4 Å². The number of hydrogen-bond donors (Lipinski definition) is 1. The van der Waals surface area contributed by atoms with Crippen LogP contribution in [0.1, 0.15) is 25.7 Å². The Morgan fingerprint density at radius 2 is 2.21 bits per heavy atom. The maximum atomic E-state index is 11.6. The SMILES string of the molecule is O=C1NC=CC2N=C3CCCCC3=C12. The van der Waals surface area contributed by atoms with Crippen molar-refractivity contribution in [2.24, 2.45) is 4.99 Å². The van der Waals surface area contributed by atoms with Crippen molar-refractivity contribution in [3.8, 4) is 0 Å². The molecule has 1 amide bonds. The standard InChI is InChI=1S/C11H12N2O/c14-11-10-7-3-1-2-4-8(7)13-9(10)5-6-12-11/h5-6,9H,1-4H2,(H,12,14). The van der Waals surface area contributed by atoms with Gasteiger partial charge in [0.15, 0.2) is 0 Å². The highest BCUT2D eigenvalue weighted by atomic mass is 16.1. The summed E-state index contributed by atoms with van der Waals surface area (Å²) in [5.41, 5.74) is 3.31. The van der Waals surface area contributed by atoms with Crippen LogP contribution >= 0.6 is 0 Å². The number of allylic oxidation sites excluding steroid dienone is 1. The lowest BCUT2D eigenvalue weighted by molar-refractivity contribution is -0.117. The van der Waals surface area contributed by atoms with Crippen molar-refractivity contribution in [2.45, 2.75) is 31.7 Å². The third-order valence-corrected chi connectivity index (χ3v) is 3.09. The van der Waals surface area contributed by atoms with E-state index in [0.717, 1.165) is 18.4 Å². The minimum Gasteiger partial charge on any atom is -0.329 e. The average Bonchev–Trinajstić information content (AvgIpc) is 2.57. The molecule has 1 atom stereocenters. The minimum absolute atomic E-state index is 0.0202. The second-order valence-corrected chi connectivity index (χ2v) is 3.95. The summed E-state index contributed by atoms with van der Waals surface area (Å²) >= 11 is 0. The molecule has 2 heterocycles. The maximum Gasteiger partial charge on any atom is 0.253 e. The first-order valence-corrected chi connectivity index (χ1v) is 5.14. The van der Waals surface area contributed by atoms with Crippen LogP contribution in [-0.2, 0) is 4.79 Å². The topological polar surface area (TPSA) is 41.5 Å². The number of nitrogens with one attached hydrogen (secondary N) is 1. The van der Waals surface area contributed by atoms with Gasteiger partial charge in [0.2, 0.25) is 0 Å². The molecule has 1 fully saturated rings. The number of nitrogens with zero attached hydrogens (tertiary/aromatic N) is 1. The van der Waals surface area contributed by atoms with Gasteiger partial charge in [-0.3, -0.25) is 9.79 Å². The van der Waals surface area contributed by atoms with Gasteiger partial charge >= 0.3 is 0 Å².